The lowest BCUT2D eigenvalue weighted by Gasteiger charge is -2.04. The van der Waals surface area contributed by atoms with E-state index in [0.29, 0.717) is 16.9 Å². The minimum atomic E-state index is -0.246. The molecule has 18 heavy (non-hydrogen) atoms. The second-order valence-corrected chi connectivity index (χ2v) is 3.80. The first-order chi connectivity index (χ1) is 8.66. The number of carbonyl (C=O) groups is 2. The molecule has 0 radical (unpaired) electrons. The molecule has 1 N–H and O–H groups in total. The van der Waals surface area contributed by atoms with Crippen molar-refractivity contribution in [2.24, 2.45) is 0 Å². The molecule has 0 saturated carbocycles. The Kier molecular flexibility index (Phi) is 3.48. The third-order valence-electron chi connectivity index (χ3n) is 2.46. The van der Waals surface area contributed by atoms with E-state index >= 15 is 0 Å². The Bertz CT molecular complexity index is 562. The van der Waals surface area contributed by atoms with Crippen LogP contribution in [0, 0.1) is 0 Å². The van der Waals surface area contributed by atoms with E-state index in [1.54, 1.807) is 48.7 Å². The molecule has 0 bridgehead atoms. The van der Waals surface area contributed by atoms with Crippen LogP contribution in [0.25, 0.3) is 0 Å². The van der Waals surface area contributed by atoms with E-state index in [1.807, 2.05) is 0 Å². The van der Waals surface area contributed by atoms with Crippen LogP contribution in [0.3, 0.4) is 0 Å². The number of ketones is 1. The van der Waals surface area contributed by atoms with Crippen LogP contribution in [0.2, 0.25) is 0 Å². The molecule has 2 rings (SSSR count). The van der Waals surface area contributed by atoms with Crippen LogP contribution in [0.5, 0.6) is 0 Å². The highest BCUT2D eigenvalue weighted by Gasteiger charge is 2.07. The number of nitrogens with one attached hydrogen (secondary N) is 1. The first kappa shape index (κ1) is 12.0. The third-order valence-corrected chi connectivity index (χ3v) is 2.46. The first-order valence-electron chi connectivity index (χ1n) is 5.50. The number of Topliss-reactive ketones (excluding diaryl/α,β-unsaturated/α-hetero) is 1. The van der Waals surface area contributed by atoms with Gasteiger partial charge in [0.15, 0.2) is 5.78 Å². The largest absolute Gasteiger partial charge is 0.307 e. The smallest absolute Gasteiger partial charge is 0.256 e. The zero-order chi connectivity index (χ0) is 13.0. The van der Waals surface area contributed by atoms with E-state index < -0.39 is 0 Å². The van der Waals surface area contributed by atoms with Gasteiger partial charge in [0.2, 0.25) is 0 Å². The van der Waals surface area contributed by atoms with Crippen molar-refractivity contribution in [3.8, 4) is 0 Å². The summed E-state index contributed by atoms with van der Waals surface area (Å²) in [6.07, 6.45) is 1.61. The number of rotatable bonds is 3. The summed E-state index contributed by atoms with van der Waals surface area (Å²) in [5.41, 5.74) is 1.08. The molecule has 90 valence electrons. The van der Waals surface area contributed by atoms with Crippen molar-refractivity contribution >= 4 is 17.5 Å². The summed E-state index contributed by atoms with van der Waals surface area (Å²) in [7, 11) is 0. The van der Waals surface area contributed by atoms with Crippen LogP contribution < -0.4 is 5.32 Å². The molecule has 1 amide bonds. The van der Waals surface area contributed by atoms with E-state index in [9.17, 15) is 9.59 Å². The molecule has 0 fully saturated rings. The highest BCUT2D eigenvalue weighted by Crippen LogP contribution is 2.08. The summed E-state index contributed by atoms with van der Waals surface area (Å²) in [6, 6.07) is 11.8. The Morgan fingerprint density at radius 2 is 1.67 bits per heavy atom. The van der Waals surface area contributed by atoms with E-state index in [0.717, 1.165) is 0 Å². The Morgan fingerprint density at radius 1 is 1.00 bits per heavy atom. The molecule has 4 nitrogen and oxygen atoms in total. The fraction of sp³-hybridized carbons (Fsp3) is 0.0714. The van der Waals surface area contributed by atoms with Crippen LogP contribution >= 0.6 is 0 Å². The number of benzene rings is 1. The molecule has 0 aliphatic rings. The van der Waals surface area contributed by atoms with Gasteiger partial charge in [-0.05, 0) is 31.2 Å². The van der Waals surface area contributed by atoms with Gasteiger partial charge in [0, 0.05) is 17.3 Å². The Balaban J connectivity index is 2.12. The average Bonchev–Trinajstić information content (AvgIpc) is 2.40. The fourth-order valence-electron chi connectivity index (χ4n) is 1.48. The molecule has 1 aromatic carbocycles. The average molecular weight is 240 g/mol. The lowest BCUT2D eigenvalue weighted by molar-refractivity contribution is 0.100. The minimum absolute atomic E-state index is 0.0216. The van der Waals surface area contributed by atoms with Gasteiger partial charge in [-0.2, -0.15) is 0 Å². The number of hydrogen-bond acceptors (Lipinski definition) is 3. The van der Waals surface area contributed by atoms with E-state index in [1.165, 1.54) is 6.92 Å². The van der Waals surface area contributed by atoms with Gasteiger partial charge in [-0.1, -0.05) is 18.2 Å². The predicted molar refractivity (Wildman–Crippen MR) is 68.6 cm³/mol. The molecule has 2 aromatic rings. The molecule has 0 saturated heterocycles. The number of aromatic nitrogens is 1. The number of hydrogen-bond donors (Lipinski definition) is 1. The van der Waals surface area contributed by atoms with Gasteiger partial charge < -0.3 is 5.32 Å². The summed E-state index contributed by atoms with van der Waals surface area (Å²) in [5, 5.41) is 2.67. The quantitative estimate of drug-likeness (QED) is 0.839. The van der Waals surface area contributed by atoms with Crippen molar-refractivity contribution in [2.75, 3.05) is 5.32 Å². The van der Waals surface area contributed by atoms with Gasteiger partial charge in [0.1, 0.15) is 5.82 Å². The van der Waals surface area contributed by atoms with Crippen molar-refractivity contribution in [1.29, 1.82) is 0 Å². The topological polar surface area (TPSA) is 59.1 Å². The molecule has 4 heteroatoms. The van der Waals surface area contributed by atoms with Crippen molar-refractivity contribution < 1.29 is 9.59 Å². The van der Waals surface area contributed by atoms with Crippen molar-refractivity contribution in [3.63, 3.8) is 0 Å². The molecule has 0 aliphatic heterocycles. The number of amides is 1. The molecule has 0 aliphatic carbocycles. The summed E-state index contributed by atoms with van der Waals surface area (Å²) < 4.78 is 0. The zero-order valence-electron chi connectivity index (χ0n) is 9.88. The summed E-state index contributed by atoms with van der Waals surface area (Å²) in [5.74, 6) is 0.230. The SMILES string of the molecule is CC(=O)c1ccc(C(=O)Nc2ccccn2)cc1. The normalized spacial score (nSPS) is 9.83. The molecule has 1 heterocycles. The maximum absolute atomic E-state index is 11.9. The van der Waals surface area contributed by atoms with Crippen molar-refractivity contribution in [2.45, 2.75) is 6.92 Å². The zero-order valence-corrected chi connectivity index (χ0v) is 9.88. The predicted octanol–water partition coefficient (Wildman–Crippen LogP) is 2.54. The maximum Gasteiger partial charge on any atom is 0.256 e. The first-order valence-corrected chi connectivity index (χ1v) is 5.50. The summed E-state index contributed by atoms with van der Waals surface area (Å²) >= 11 is 0. The molecule has 0 spiro atoms. The standard InChI is InChI=1S/C14H12N2O2/c1-10(17)11-5-7-12(8-6-11)14(18)16-13-4-2-3-9-15-13/h2-9H,1H3,(H,15,16,18). The molecular weight excluding hydrogens is 228 g/mol. The van der Waals surface area contributed by atoms with Gasteiger partial charge in [-0.25, -0.2) is 4.98 Å². The molecule has 1 aromatic heterocycles. The van der Waals surface area contributed by atoms with Crippen LogP contribution in [-0.2, 0) is 0 Å². The van der Waals surface area contributed by atoms with Crippen molar-refractivity contribution in [3.05, 3.63) is 59.8 Å². The molecule has 0 atom stereocenters. The second-order valence-electron chi connectivity index (χ2n) is 3.80. The van der Waals surface area contributed by atoms with Crippen LogP contribution in [0.1, 0.15) is 27.6 Å². The molecule has 0 unspecified atom stereocenters. The van der Waals surface area contributed by atoms with Crippen LogP contribution in [0.15, 0.2) is 48.7 Å². The van der Waals surface area contributed by atoms with Gasteiger partial charge in [0.25, 0.3) is 5.91 Å². The molecular formula is C14H12N2O2. The van der Waals surface area contributed by atoms with Gasteiger partial charge >= 0.3 is 0 Å². The van der Waals surface area contributed by atoms with Crippen LogP contribution in [0.4, 0.5) is 5.82 Å². The highest BCUT2D eigenvalue weighted by atomic mass is 16.1. The number of nitrogens with zero attached hydrogens (tertiary/aromatic N) is 1. The summed E-state index contributed by atoms with van der Waals surface area (Å²) in [6.45, 7) is 1.49. The maximum atomic E-state index is 11.9. The van der Waals surface area contributed by atoms with Crippen LogP contribution in [-0.4, -0.2) is 16.7 Å². The van der Waals surface area contributed by atoms with Gasteiger partial charge in [0.05, 0.1) is 0 Å². The fourth-order valence-corrected chi connectivity index (χ4v) is 1.48. The van der Waals surface area contributed by atoms with Gasteiger partial charge in [-0.15, -0.1) is 0 Å². The Hall–Kier alpha value is -2.49. The Morgan fingerprint density at radius 3 is 2.22 bits per heavy atom. The third kappa shape index (κ3) is 2.79. The lowest BCUT2D eigenvalue weighted by Crippen LogP contribution is -2.12. The van der Waals surface area contributed by atoms with Crippen molar-refractivity contribution in [1.82, 2.24) is 4.98 Å². The summed E-state index contributed by atoms with van der Waals surface area (Å²) in [4.78, 5) is 27.0. The van der Waals surface area contributed by atoms with E-state index in [4.69, 9.17) is 0 Å². The number of anilines is 1. The monoisotopic (exact) mass is 240 g/mol. The number of pyridine rings is 1. The Labute approximate surface area is 105 Å². The minimum Gasteiger partial charge on any atom is -0.307 e. The number of carbonyl (C=O) groups excluding carboxylic acids is 2. The van der Waals surface area contributed by atoms with E-state index in [-0.39, 0.29) is 11.7 Å². The highest BCUT2D eigenvalue weighted by molar-refractivity contribution is 6.04. The van der Waals surface area contributed by atoms with Gasteiger partial charge in [-0.3, -0.25) is 9.59 Å². The van der Waals surface area contributed by atoms with E-state index in [2.05, 4.69) is 10.3 Å². The lowest BCUT2D eigenvalue weighted by atomic mass is 10.1. The second kappa shape index (κ2) is 5.23.